The average molecular weight is 891 g/mol. The molecular formula is C46H52N2O5Y2-2. The second kappa shape index (κ2) is 16.6. The van der Waals surface area contributed by atoms with Gasteiger partial charge in [0.25, 0.3) is 0 Å². The van der Waals surface area contributed by atoms with Crippen LogP contribution in [0.3, 0.4) is 0 Å². The summed E-state index contributed by atoms with van der Waals surface area (Å²) in [6.45, 7) is 3.87. The molecule has 4 heterocycles. The van der Waals surface area contributed by atoms with Crippen molar-refractivity contribution >= 4 is 5.78 Å². The third-order valence-corrected chi connectivity index (χ3v) is 13.8. The standard InChI is InChI=1S/C23H23NO3.C21H23NO2.2CH3.2Y/c25-18-8-6-15-12-17-16-7-9-19(26)22-23(16,20(15)21(18)27-22)10-11-24(17)13-14-4-2-1-3-5-14;23-18-10-4-9-17-20(18)24-19-14-22(13-15-6-2-1-3-7-15)16-8-5-11-21(17,19)12-16;;;;/h1-6,8,16-17,22,25H,7,9-13H2;1-4,6-7,9-10,16,19,23H,5,8,11-14H2;2*1H3;;/q;;2*-1;;/t16?,17?,22-,23-;16?,19-,21+;;;;/m00..../s1. The van der Waals surface area contributed by atoms with Crippen LogP contribution < -0.4 is 9.47 Å². The molecule has 55 heavy (non-hydrogen) atoms. The van der Waals surface area contributed by atoms with Crippen LogP contribution in [0.1, 0.15) is 72.8 Å². The number of ketones is 1. The van der Waals surface area contributed by atoms with Gasteiger partial charge in [-0.05, 0) is 79.8 Å². The van der Waals surface area contributed by atoms with E-state index in [1.165, 1.54) is 41.5 Å². The van der Waals surface area contributed by atoms with E-state index in [1.807, 2.05) is 6.07 Å². The summed E-state index contributed by atoms with van der Waals surface area (Å²) in [7, 11) is 0. The molecule has 2 spiro atoms. The Labute approximate surface area is 377 Å². The number of carbonyl (C=O) groups is 1. The molecule has 284 valence electrons. The van der Waals surface area contributed by atoms with Gasteiger partial charge in [-0.1, -0.05) is 85.3 Å². The number of carbonyl (C=O) groups excluding carboxylic acids is 1. The quantitative estimate of drug-likeness (QED) is 0.202. The molecule has 3 unspecified atom stereocenters. The van der Waals surface area contributed by atoms with Crippen molar-refractivity contribution in [2.45, 2.75) is 99.6 Å². The molecule has 7 nitrogen and oxygen atoms in total. The smallest absolute Gasteiger partial charge is 0.174 e. The van der Waals surface area contributed by atoms with Crippen LogP contribution in [0.5, 0.6) is 23.0 Å². The number of Topliss-reactive ketones (excluding diaryl/α,β-unsaturated/α-hetero) is 1. The predicted molar refractivity (Wildman–Crippen MR) is 207 cm³/mol. The number of piperidine rings is 2. The van der Waals surface area contributed by atoms with Gasteiger partial charge in [0.2, 0.25) is 0 Å². The first kappa shape index (κ1) is 42.5. The number of phenols is 2. The van der Waals surface area contributed by atoms with Crippen LogP contribution in [0.25, 0.3) is 0 Å². The van der Waals surface area contributed by atoms with E-state index in [1.54, 1.807) is 12.1 Å². The van der Waals surface area contributed by atoms with E-state index < -0.39 is 6.10 Å². The average Bonchev–Trinajstić information content (AvgIpc) is 3.66. The van der Waals surface area contributed by atoms with Gasteiger partial charge in [-0.3, -0.25) is 14.6 Å². The molecule has 4 fully saturated rings. The summed E-state index contributed by atoms with van der Waals surface area (Å²) in [6.07, 6.45) is 8.05. The maximum absolute atomic E-state index is 12.8. The van der Waals surface area contributed by atoms with Gasteiger partial charge in [0.1, 0.15) is 6.10 Å². The van der Waals surface area contributed by atoms with Crippen LogP contribution in [0.15, 0.2) is 91.0 Å². The fourth-order valence-corrected chi connectivity index (χ4v) is 11.6. The minimum atomic E-state index is -0.403. The Hall–Kier alpha value is -2.12. The van der Waals surface area contributed by atoms with E-state index in [9.17, 15) is 15.0 Å². The molecular weight excluding hydrogens is 838 g/mol. The number of ether oxygens (including phenoxy) is 2. The van der Waals surface area contributed by atoms with Crippen molar-refractivity contribution < 1.29 is 89.9 Å². The first-order valence-corrected chi connectivity index (χ1v) is 19.0. The molecule has 4 aromatic rings. The van der Waals surface area contributed by atoms with Gasteiger partial charge in [-0.2, -0.15) is 0 Å². The number of phenolic OH excluding ortho intramolecular Hbond substituents is 2. The number of rotatable bonds is 4. The molecule has 0 aromatic heterocycles. The van der Waals surface area contributed by atoms with E-state index in [0.717, 1.165) is 63.2 Å². The van der Waals surface area contributed by atoms with Crippen molar-refractivity contribution in [1.29, 1.82) is 0 Å². The summed E-state index contributed by atoms with van der Waals surface area (Å²) < 4.78 is 12.5. The number of hydrogen-bond donors (Lipinski definition) is 2. The molecule has 7 aliphatic rings. The molecule has 9 heteroatoms. The predicted octanol–water partition coefficient (Wildman–Crippen LogP) is 7.95. The van der Waals surface area contributed by atoms with E-state index in [2.05, 4.69) is 82.6 Å². The Morgan fingerprint density at radius 3 is 2.16 bits per heavy atom. The van der Waals surface area contributed by atoms with E-state index in [4.69, 9.17) is 9.47 Å². The van der Waals surface area contributed by atoms with E-state index in [0.29, 0.717) is 35.9 Å². The third-order valence-electron chi connectivity index (χ3n) is 13.8. The maximum Gasteiger partial charge on any atom is 0.174 e. The molecule has 2 N–H and O–H groups in total. The largest absolute Gasteiger partial charge is 0.504 e. The number of para-hydroxylation sites is 1. The molecule has 7 atom stereocenters. The zero-order valence-electron chi connectivity index (χ0n) is 32.2. The molecule has 2 radical (unpaired) electrons. The minimum absolute atomic E-state index is 0. The SMILES string of the molecule is O=C1CCC2C3Cc4ccc(O)c5c4[C@@]2(CCN3Cc2ccccc2)[C@H]1O5.Oc1cccc2c1O[C@H]1CN(Cc3ccccc3)C3CCC[C@@]21C3.[CH3-].[CH3-].[Y].[Y]. The summed E-state index contributed by atoms with van der Waals surface area (Å²) in [6, 6.07) is 32.1. The van der Waals surface area contributed by atoms with Crippen molar-refractivity contribution in [2.75, 3.05) is 13.1 Å². The first-order chi connectivity index (χ1) is 24.9. The summed E-state index contributed by atoms with van der Waals surface area (Å²) >= 11 is 0. The number of fused-ring (bicyclic) bond motifs is 2. The van der Waals surface area contributed by atoms with Gasteiger partial charge in [0.15, 0.2) is 34.9 Å². The van der Waals surface area contributed by atoms with Gasteiger partial charge in [0, 0.05) is 126 Å². The summed E-state index contributed by atoms with van der Waals surface area (Å²) in [4.78, 5) is 18.0. The normalized spacial score (nSPS) is 30.0. The molecule has 2 saturated heterocycles. The van der Waals surface area contributed by atoms with E-state index in [-0.39, 0.29) is 109 Å². The van der Waals surface area contributed by atoms with Gasteiger partial charge >= 0.3 is 0 Å². The zero-order valence-corrected chi connectivity index (χ0v) is 37.9. The van der Waals surface area contributed by atoms with Gasteiger partial charge in [-0.25, -0.2) is 0 Å². The Kier molecular flexibility index (Phi) is 12.8. The van der Waals surface area contributed by atoms with Crippen molar-refractivity contribution in [2.24, 2.45) is 5.92 Å². The second-order valence-electron chi connectivity index (χ2n) is 16.2. The van der Waals surface area contributed by atoms with Crippen LogP contribution in [0.4, 0.5) is 0 Å². The molecule has 0 amide bonds. The minimum Gasteiger partial charge on any atom is -0.504 e. The molecule has 11 rings (SSSR count). The van der Waals surface area contributed by atoms with Gasteiger partial charge < -0.3 is 34.5 Å². The van der Waals surface area contributed by atoms with Crippen LogP contribution in [0.2, 0.25) is 0 Å². The summed E-state index contributed by atoms with van der Waals surface area (Å²) in [5.74, 6) is 2.46. The monoisotopic (exact) mass is 890 g/mol. The summed E-state index contributed by atoms with van der Waals surface area (Å²) in [5.41, 5.74) is 6.27. The second-order valence-corrected chi connectivity index (χ2v) is 16.2. The van der Waals surface area contributed by atoms with Crippen LogP contribution in [-0.2, 0) is 101 Å². The first-order valence-electron chi connectivity index (χ1n) is 19.0. The third kappa shape index (κ3) is 6.79. The number of hydrogen-bond acceptors (Lipinski definition) is 7. The Bertz CT molecular complexity index is 2000. The molecule has 4 bridgehead atoms. The topological polar surface area (TPSA) is 82.5 Å². The fraction of sp³-hybridized carbons (Fsp3) is 0.413. The Morgan fingerprint density at radius 1 is 0.745 bits per heavy atom. The van der Waals surface area contributed by atoms with E-state index >= 15 is 0 Å². The number of nitrogens with zero attached hydrogens (tertiary/aromatic N) is 2. The fourth-order valence-electron chi connectivity index (χ4n) is 11.6. The van der Waals surface area contributed by atoms with Crippen LogP contribution in [-0.4, -0.2) is 63.2 Å². The molecule has 2 saturated carbocycles. The van der Waals surface area contributed by atoms with Crippen molar-refractivity contribution in [3.63, 3.8) is 0 Å². The molecule has 4 aliphatic heterocycles. The number of benzene rings is 4. The van der Waals surface area contributed by atoms with Crippen LogP contribution in [0, 0.1) is 20.8 Å². The van der Waals surface area contributed by atoms with Crippen molar-refractivity contribution in [3.8, 4) is 23.0 Å². The number of aromatic hydroxyl groups is 2. The van der Waals surface area contributed by atoms with Gasteiger partial charge in [-0.15, -0.1) is 0 Å². The maximum atomic E-state index is 12.8. The molecule has 4 aromatic carbocycles. The van der Waals surface area contributed by atoms with Crippen molar-refractivity contribution in [1.82, 2.24) is 9.80 Å². The summed E-state index contributed by atoms with van der Waals surface area (Å²) in [5, 5.41) is 20.6. The Morgan fingerprint density at radius 2 is 1.44 bits per heavy atom. The zero-order chi connectivity index (χ0) is 34.3. The van der Waals surface area contributed by atoms with Crippen LogP contribution >= 0.6 is 0 Å². The molecule has 3 aliphatic carbocycles. The van der Waals surface area contributed by atoms with Gasteiger partial charge in [0.05, 0.1) is 0 Å². The number of likely N-dealkylation sites (tertiary alicyclic amines) is 2. The Balaban J connectivity index is 0.000000175. The van der Waals surface area contributed by atoms with Crippen molar-refractivity contribution in [3.05, 3.63) is 134 Å².